The van der Waals surface area contributed by atoms with E-state index in [1.54, 1.807) is 29.7 Å². The predicted molar refractivity (Wildman–Crippen MR) is 122 cm³/mol. The molecule has 0 saturated carbocycles. The van der Waals surface area contributed by atoms with Gasteiger partial charge in [0.05, 0.1) is 16.8 Å². The van der Waals surface area contributed by atoms with Crippen molar-refractivity contribution in [2.45, 2.75) is 13.5 Å². The van der Waals surface area contributed by atoms with Crippen molar-refractivity contribution in [3.63, 3.8) is 0 Å². The van der Waals surface area contributed by atoms with Gasteiger partial charge in [-0.15, -0.1) is 11.3 Å². The highest BCUT2D eigenvalue weighted by molar-refractivity contribution is 7.19. The van der Waals surface area contributed by atoms with Crippen LogP contribution in [-0.2, 0) is 11.3 Å². The van der Waals surface area contributed by atoms with E-state index in [2.05, 4.69) is 15.3 Å². The van der Waals surface area contributed by atoms with Crippen LogP contribution in [0, 0.1) is 0 Å². The van der Waals surface area contributed by atoms with Gasteiger partial charge < -0.3 is 14.8 Å². The smallest absolute Gasteiger partial charge is 0.244 e. The van der Waals surface area contributed by atoms with E-state index in [0.717, 1.165) is 26.5 Å². The summed E-state index contributed by atoms with van der Waals surface area (Å²) < 4.78 is 12.3. The van der Waals surface area contributed by atoms with Crippen LogP contribution in [0.1, 0.15) is 17.5 Å². The monoisotopic (exact) mass is 431 g/mol. The molecule has 4 aromatic rings. The summed E-state index contributed by atoms with van der Waals surface area (Å²) in [6.07, 6.45) is 4.88. The van der Waals surface area contributed by atoms with Crippen molar-refractivity contribution in [2.75, 3.05) is 6.61 Å². The standard InChI is InChI=1S/C24H21N3O3S/c1-2-29-18-7-9-19(10-8-18)30-23-15-17(13-14-25-23)16-26-22(28)11-12-24-27-20-5-3-4-6-21(20)31-24/h3-15H,2,16H2,1H3,(H,26,28). The van der Waals surface area contributed by atoms with Crippen molar-refractivity contribution in [1.29, 1.82) is 0 Å². The molecule has 31 heavy (non-hydrogen) atoms. The van der Waals surface area contributed by atoms with Gasteiger partial charge in [0.25, 0.3) is 0 Å². The fraction of sp³-hybridized carbons (Fsp3) is 0.125. The van der Waals surface area contributed by atoms with Gasteiger partial charge in [-0.3, -0.25) is 4.79 Å². The number of ether oxygens (including phenoxy) is 2. The highest BCUT2D eigenvalue weighted by Gasteiger charge is 2.04. The topological polar surface area (TPSA) is 73.3 Å². The molecule has 0 radical (unpaired) electrons. The number of hydrogen-bond acceptors (Lipinski definition) is 6. The van der Waals surface area contributed by atoms with E-state index in [4.69, 9.17) is 9.47 Å². The van der Waals surface area contributed by atoms with Crippen LogP contribution in [0.5, 0.6) is 17.4 Å². The number of nitrogens with one attached hydrogen (secondary N) is 1. The molecule has 0 bridgehead atoms. The summed E-state index contributed by atoms with van der Waals surface area (Å²) in [4.78, 5) is 20.9. The van der Waals surface area contributed by atoms with Crippen LogP contribution in [0.4, 0.5) is 0 Å². The number of carbonyl (C=O) groups is 1. The Hall–Kier alpha value is -3.71. The fourth-order valence-corrected chi connectivity index (χ4v) is 3.73. The zero-order valence-electron chi connectivity index (χ0n) is 16.9. The molecule has 0 unspecified atom stereocenters. The van der Waals surface area contributed by atoms with Gasteiger partial charge in [-0.1, -0.05) is 12.1 Å². The van der Waals surface area contributed by atoms with E-state index in [-0.39, 0.29) is 5.91 Å². The van der Waals surface area contributed by atoms with Crippen LogP contribution in [0.3, 0.4) is 0 Å². The minimum atomic E-state index is -0.190. The molecule has 6 nitrogen and oxygen atoms in total. The second-order valence-electron chi connectivity index (χ2n) is 6.58. The Labute approximate surface area is 184 Å². The van der Waals surface area contributed by atoms with Crippen molar-refractivity contribution < 1.29 is 14.3 Å². The Balaban J connectivity index is 1.32. The second-order valence-corrected chi connectivity index (χ2v) is 7.64. The molecule has 4 rings (SSSR count). The van der Waals surface area contributed by atoms with E-state index in [0.29, 0.717) is 24.8 Å². The molecule has 7 heteroatoms. The number of hydrogen-bond donors (Lipinski definition) is 1. The number of aromatic nitrogens is 2. The maximum atomic E-state index is 12.2. The summed E-state index contributed by atoms with van der Waals surface area (Å²) in [6.45, 7) is 2.92. The molecule has 0 saturated heterocycles. The van der Waals surface area contributed by atoms with E-state index in [9.17, 15) is 4.79 Å². The molecule has 0 aliphatic rings. The lowest BCUT2D eigenvalue weighted by atomic mass is 10.2. The molecule has 156 valence electrons. The van der Waals surface area contributed by atoms with Crippen molar-refractivity contribution in [1.82, 2.24) is 15.3 Å². The molecule has 1 amide bonds. The Bertz CT molecular complexity index is 1170. The van der Waals surface area contributed by atoms with Gasteiger partial charge in [-0.25, -0.2) is 9.97 Å². The van der Waals surface area contributed by atoms with Crippen LogP contribution in [-0.4, -0.2) is 22.5 Å². The number of rotatable bonds is 8. The third-order valence-electron chi connectivity index (χ3n) is 4.31. The summed E-state index contributed by atoms with van der Waals surface area (Å²) in [5.41, 5.74) is 1.82. The molecule has 1 N–H and O–H groups in total. The number of nitrogens with zero attached hydrogens (tertiary/aromatic N) is 2. The molecule has 2 aromatic carbocycles. The lowest BCUT2D eigenvalue weighted by Gasteiger charge is -2.08. The second kappa shape index (κ2) is 9.86. The van der Waals surface area contributed by atoms with Crippen LogP contribution >= 0.6 is 11.3 Å². The summed E-state index contributed by atoms with van der Waals surface area (Å²) in [5.74, 6) is 1.72. The van der Waals surface area contributed by atoms with Gasteiger partial charge in [0.15, 0.2) is 0 Å². The zero-order valence-corrected chi connectivity index (χ0v) is 17.8. The minimum absolute atomic E-state index is 0.190. The van der Waals surface area contributed by atoms with E-state index in [1.807, 2.05) is 61.5 Å². The Morgan fingerprint density at radius 2 is 1.90 bits per heavy atom. The van der Waals surface area contributed by atoms with Gasteiger partial charge in [0.1, 0.15) is 16.5 Å². The summed E-state index contributed by atoms with van der Waals surface area (Å²) >= 11 is 1.55. The predicted octanol–water partition coefficient (Wildman–Crippen LogP) is 5.21. The molecule has 2 heterocycles. The lowest BCUT2D eigenvalue weighted by Crippen LogP contribution is -2.20. The Morgan fingerprint density at radius 1 is 1.10 bits per heavy atom. The number of pyridine rings is 1. The highest BCUT2D eigenvalue weighted by Crippen LogP contribution is 2.23. The van der Waals surface area contributed by atoms with Crippen LogP contribution < -0.4 is 14.8 Å². The Morgan fingerprint density at radius 3 is 2.71 bits per heavy atom. The average Bonchev–Trinajstić information content (AvgIpc) is 3.21. The van der Waals surface area contributed by atoms with Gasteiger partial charge in [-0.2, -0.15) is 0 Å². The maximum absolute atomic E-state index is 12.2. The third kappa shape index (κ3) is 5.67. The number of para-hydroxylation sites is 1. The molecule has 2 aromatic heterocycles. The van der Waals surface area contributed by atoms with Crippen molar-refractivity contribution in [3.8, 4) is 17.4 Å². The number of benzene rings is 2. The number of amides is 1. The van der Waals surface area contributed by atoms with E-state index < -0.39 is 0 Å². The first kappa shape index (κ1) is 20.6. The van der Waals surface area contributed by atoms with E-state index >= 15 is 0 Å². The minimum Gasteiger partial charge on any atom is -0.494 e. The fourth-order valence-electron chi connectivity index (χ4n) is 2.86. The summed E-state index contributed by atoms with van der Waals surface area (Å²) in [6, 6.07) is 18.9. The average molecular weight is 432 g/mol. The van der Waals surface area contributed by atoms with Gasteiger partial charge in [0.2, 0.25) is 11.8 Å². The SMILES string of the molecule is CCOc1ccc(Oc2cc(CNC(=O)C=Cc3nc4ccccc4s3)ccn2)cc1. The quantitative estimate of drug-likeness (QED) is 0.388. The van der Waals surface area contributed by atoms with Gasteiger partial charge >= 0.3 is 0 Å². The molecule has 0 spiro atoms. The molecular formula is C24H21N3O3S. The number of fused-ring (bicyclic) bond motifs is 1. The van der Waals surface area contributed by atoms with Gasteiger partial charge in [-0.05, 0) is 61.0 Å². The largest absolute Gasteiger partial charge is 0.494 e. The Kier molecular flexibility index (Phi) is 6.54. The number of thiazole rings is 1. The maximum Gasteiger partial charge on any atom is 0.244 e. The van der Waals surface area contributed by atoms with Crippen LogP contribution in [0.15, 0.2) is 72.9 Å². The van der Waals surface area contributed by atoms with Gasteiger partial charge in [0, 0.05) is 24.9 Å². The first-order valence-electron chi connectivity index (χ1n) is 9.87. The van der Waals surface area contributed by atoms with Crippen molar-refractivity contribution in [2.24, 2.45) is 0 Å². The van der Waals surface area contributed by atoms with Crippen LogP contribution in [0.25, 0.3) is 16.3 Å². The first-order valence-corrected chi connectivity index (χ1v) is 10.7. The zero-order chi connectivity index (χ0) is 21.5. The lowest BCUT2D eigenvalue weighted by molar-refractivity contribution is -0.116. The third-order valence-corrected chi connectivity index (χ3v) is 5.31. The number of carbonyl (C=O) groups excluding carboxylic acids is 1. The molecule has 0 atom stereocenters. The molecule has 0 aliphatic heterocycles. The van der Waals surface area contributed by atoms with Crippen molar-refractivity contribution in [3.05, 3.63) is 83.5 Å². The molecular weight excluding hydrogens is 410 g/mol. The summed E-state index contributed by atoms with van der Waals surface area (Å²) in [7, 11) is 0. The molecule has 0 aliphatic carbocycles. The first-order chi connectivity index (χ1) is 15.2. The molecule has 0 fully saturated rings. The van der Waals surface area contributed by atoms with Crippen LogP contribution in [0.2, 0.25) is 0 Å². The highest BCUT2D eigenvalue weighted by atomic mass is 32.1. The normalized spacial score (nSPS) is 11.0. The van der Waals surface area contributed by atoms with Crippen molar-refractivity contribution >= 4 is 33.5 Å². The summed E-state index contributed by atoms with van der Waals surface area (Å²) in [5, 5.41) is 3.66. The van der Waals surface area contributed by atoms with E-state index in [1.165, 1.54) is 6.08 Å².